The summed E-state index contributed by atoms with van der Waals surface area (Å²) in [7, 11) is 1.81. The summed E-state index contributed by atoms with van der Waals surface area (Å²) in [5, 5.41) is 19.7. The van der Waals surface area contributed by atoms with Gasteiger partial charge in [0.1, 0.15) is 11.5 Å². The van der Waals surface area contributed by atoms with Crippen LogP contribution in [0.3, 0.4) is 0 Å². The number of rotatable bonds is 4. The first-order valence-corrected chi connectivity index (χ1v) is 8.85. The van der Waals surface area contributed by atoms with Crippen LogP contribution >= 0.6 is 0 Å². The molecule has 140 valence electrons. The molecule has 0 aromatic carbocycles. The number of likely N-dealkylation sites (N-methyl/N-ethyl adjacent to an activating group) is 1. The molecule has 0 bridgehead atoms. The van der Waals surface area contributed by atoms with Crippen molar-refractivity contribution in [3.63, 3.8) is 0 Å². The van der Waals surface area contributed by atoms with E-state index in [1.807, 2.05) is 31.3 Å². The highest BCUT2D eigenvalue weighted by Gasteiger charge is 2.34. The summed E-state index contributed by atoms with van der Waals surface area (Å²) in [6, 6.07) is 9.38. The third-order valence-electron chi connectivity index (χ3n) is 4.95. The first-order valence-electron chi connectivity index (χ1n) is 8.85. The zero-order valence-electron chi connectivity index (χ0n) is 15.1. The van der Waals surface area contributed by atoms with E-state index in [-0.39, 0.29) is 11.9 Å². The molecule has 10 nitrogen and oxygen atoms in total. The largest absolute Gasteiger partial charge is 0.351 e. The highest BCUT2D eigenvalue weighted by molar-refractivity contribution is 5.92. The molecule has 10 heteroatoms. The van der Waals surface area contributed by atoms with Crippen LogP contribution < -0.4 is 4.90 Å². The van der Waals surface area contributed by atoms with Gasteiger partial charge in [0.05, 0.1) is 6.04 Å². The zero-order valence-corrected chi connectivity index (χ0v) is 15.1. The Morgan fingerprint density at radius 2 is 2.07 bits per heavy atom. The van der Waals surface area contributed by atoms with E-state index >= 15 is 0 Å². The van der Waals surface area contributed by atoms with Crippen molar-refractivity contribution < 1.29 is 4.79 Å². The molecule has 1 amide bonds. The second-order valence-corrected chi connectivity index (χ2v) is 6.67. The van der Waals surface area contributed by atoms with Crippen LogP contribution in [0.25, 0.3) is 17.0 Å². The molecule has 1 fully saturated rings. The Hall–Kier alpha value is -3.82. The number of H-pyrrole nitrogens is 1. The van der Waals surface area contributed by atoms with Crippen molar-refractivity contribution in [2.45, 2.75) is 6.04 Å². The Morgan fingerprint density at radius 1 is 1.18 bits per heavy atom. The van der Waals surface area contributed by atoms with E-state index in [1.165, 1.54) is 0 Å². The van der Waals surface area contributed by atoms with Crippen molar-refractivity contribution in [2.24, 2.45) is 0 Å². The third kappa shape index (κ3) is 2.66. The van der Waals surface area contributed by atoms with Crippen LogP contribution in [0.4, 0.5) is 5.82 Å². The maximum absolute atomic E-state index is 12.4. The van der Waals surface area contributed by atoms with Crippen molar-refractivity contribution >= 4 is 17.4 Å². The molecule has 1 saturated heterocycles. The monoisotopic (exact) mass is 375 g/mol. The minimum Gasteiger partial charge on any atom is -0.351 e. The number of hydrogen-bond acceptors (Lipinski definition) is 7. The summed E-state index contributed by atoms with van der Waals surface area (Å²) in [5.41, 5.74) is 2.02. The quantitative estimate of drug-likeness (QED) is 0.564. The smallest absolute Gasteiger partial charge is 0.271 e. The Morgan fingerprint density at radius 3 is 2.82 bits per heavy atom. The van der Waals surface area contributed by atoms with Gasteiger partial charge in [0.2, 0.25) is 0 Å². The van der Waals surface area contributed by atoms with Crippen LogP contribution in [0, 0.1) is 0 Å². The number of amides is 1. The average molecular weight is 375 g/mol. The molecule has 1 aliphatic rings. The normalized spacial score (nSPS) is 14.2. The van der Waals surface area contributed by atoms with E-state index in [1.54, 1.807) is 34.1 Å². The molecule has 4 aromatic heterocycles. The molecular formula is C18H17N9O. The lowest BCUT2D eigenvalue weighted by atomic mass is 10.1. The van der Waals surface area contributed by atoms with Gasteiger partial charge in [-0.05, 0) is 30.3 Å². The molecule has 0 radical (unpaired) electrons. The zero-order chi connectivity index (χ0) is 19.1. The number of aromatic amines is 1. The first-order chi connectivity index (χ1) is 13.7. The number of nitrogens with zero attached hydrogens (tertiary/aromatic N) is 8. The van der Waals surface area contributed by atoms with Crippen molar-refractivity contribution in [1.29, 1.82) is 0 Å². The summed E-state index contributed by atoms with van der Waals surface area (Å²) < 4.78 is 1.72. The average Bonchev–Trinajstić information content (AvgIpc) is 3.36. The minimum absolute atomic E-state index is 0.0664. The number of carbonyl (C=O) groups is 1. The molecule has 0 spiro atoms. The highest BCUT2D eigenvalue weighted by atomic mass is 16.2. The Kier molecular flexibility index (Phi) is 3.75. The van der Waals surface area contributed by atoms with Gasteiger partial charge in [-0.15, -0.1) is 15.3 Å². The summed E-state index contributed by atoms with van der Waals surface area (Å²) >= 11 is 0. The first kappa shape index (κ1) is 16.4. The summed E-state index contributed by atoms with van der Waals surface area (Å²) in [4.78, 5) is 20.4. The van der Waals surface area contributed by atoms with E-state index in [2.05, 4.69) is 30.3 Å². The van der Waals surface area contributed by atoms with Gasteiger partial charge < -0.3 is 9.80 Å². The lowest BCUT2D eigenvalue weighted by molar-refractivity contribution is 0.0699. The number of aromatic nitrogens is 7. The molecule has 0 aliphatic carbocycles. The molecule has 0 atom stereocenters. The van der Waals surface area contributed by atoms with E-state index in [0.717, 1.165) is 11.4 Å². The van der Waals surface area contributed by atoms with Gasteiger partial charge in [0.15, 0.2) is 11.5 Å². The maximum atomic E-state index is 12.4. The maximum Gasteiger partial charge on any atom is 0.271 e. The van der Waals surface area contributed by atoms with Gasteiger partial charge in [-0.25, -0.2) is 0 Å². The number of fused-ring (bicyclic) bond motifs is 1. The summed E-state index contributed by atoms with van der Waals surface area (Å²) in [6.45, 7) is 1.42. The van der Waals surface area contributed by atoms with Crippen LogP contribution in [0.1, 0.15) is 10.5 Å². The number of anilines is 1. The van der Waals surface area contributed by atoms with Gasteiger partial charge in [0.25, 0.3) is 5.91 Å². The molecule has 4 aromatic rings. The fourth-order valence-corrected chi connectivity index (χ4v) is 3.24. The third-order valence-corrected chi connectivity index (χ3v) is 4.95. The van der Waals surface area contributed by atoms with Crippen molar-refractivity contribution in [2.75, 3.05) is 25.0 Å². The molecular weight excluding hydrogens is 358 g/mol. The number of carbonyl (C=O) groups excluding carboxylic acids is 1. The van der Waals surface area contributed by atoms with Crippen molar-refractivity contribution in [1.82, 2.24) is 39.9 Å². The molecule has 28 heavy (non-hydrogen) atoms. The molecule has 1 N–H and O–H groups in total. The van der Waals surface area contributed by atoms with Crippen LogP contribution in [0.2, 0.25) is 0 Å². The topological polar surface area (TPSA) is 108 Å². The van der Waals surface area contributed by atoms with E-state index in [9.17, 15) is 4.79 Å². The molecule has 5 rings (SSSR count). The Labute approximate surface area is 159 Å². The predicted octanol–water partition coefficient (Wildman–Crippen LogP) is 0.870. The van der Waals surface area contributed by atoms with Gasteiger partial charge in [0, 0.05) is 44.3 Å². The number of pyridine rings is 1. The highest BCUT2D eigenvalue weighted by Crippen LogP contribution is 2.24. The second-order valence-electron chi connectivity index (χ2n) is 6.67. The minimum atomic E-state index is -0.0664. The number of hydrogen-bond donors (Lipinski definition) is 1. The lowest BCUT2D eigenvalue weighted by Gasteiger charge is -2.44. The van der Waals surface area contributed by atoms with Gasteiger partial charge in [-0.2, -0.15) is 9.61 Å². The molecule has 5 heterocycles. The fourth-order valence-electron chi connectivity index (χ4n) is 3.24. The van der Waals surface area contributed by atoms with Gasteiger partial charge in [-0.1, -0.05) is 0 Å². The van der Waals surface area contributed by atoms with Gasteiger partial charge >= 0.3 is 0 Å². The predicted molar refractivity (Wildman–Crippen MR) is 101 cm³/mol. The standard InChI is InChI=1S/C18H17N9O/c1-25(18(28)14-6-8-20-21-14)13-10-26(11-13)16-5-4-15-22-23-17(27(15)24-16)12-3-2-7-19-9-12/h2-9,13H,10-11H2,1H3,(H,20,21). The lowest BCUT2D eigenvalue weighted by Crippen LogP contribution is -2.60. The SMILES string of the molecule is CN(C(=O)c1ccn[nH]1)C1CN(c2ccc3nnc(-c4cccnc4)n3n2)C1. The molecule has 0 saturated carbocycles. The van der Waals surface area contributed by atoms with E-state index in [0.29, 0.717) is 30.3 Å². The van der Waals surface area contributed by atoms with Gasteiger partial charge in [-0.3, -0.25) is 14.9 Å². The summed E-state index contributed by atoms with van der Waals surface area (Å²) in [5.74, 6) is 1.40. The molecule has 1 aliphatic heterocycles. The molecule has 0 unspecified atom stereocenters. The van der Waals surface area contributed by atoms with Crippen LogP contribution in [-0.4, -0.2) is 72.0 Å². The Balaban J connectivity index is 1.35. The van der Waals surface area contributed by atoms with Crippen LogP contribution in [0.15, 0.2) is 48.9 Å². The van der Waals surface area contributed by atoms with Crippen LogP contribution in [0.5, 0.6) is 0 Å². The van der Waals surface area contributed by atoms with Crippen molar-refractivity contribution in [3.05, 3.63) is 54.6 Å². The van der Waals surface area contributed by atoms with Crippen molar-refractivity contribution in [3.8, 4) is 11.4 Å². The fraction of sp³-hybridized carbons (Fsp3) is 0.222. The van der Waals surface area contributed by atoms with E-state index in [4.69, 9.17) is 5.10 Å². The summed E-state index contributed by atoms with van der Waals surface area (Å²) in [6.07, 6.45) is 5.03. The van der Waals surface area contributed by atoms with Crippen LogP contribution in [-0.2, 0) is 0 Å². The Bertz CT molecular complexity index is 1120. The van der Waals surface area contributed by atoms with E-state index < -0.39 is 0 Å². The number of nitrogens with one attached hydrogen (secondary N) is 1. The second kappa shape index (κ2) is 6.41.